The van der Waals surface area contributed by atoms with Crippen LogP contribution in [0.4, 0.5) is 0 Å². The van der Waals surface area contributed by atoms with Gasteiger partial charge in [0.05, 0.1) is 5.60 Å². The van der Waals surface area contributed by atoms with Crippen LogP contribution in [0.5, 0.6) is 0 Å². The van der Waals surface area contributed by atoms with Crippen LogP contribution in [0.1, 0.15) is 51.9 Å². The molecule has 0 radical (unpaired) electrons. The van der Waals surface area contributed by atoms with E-state index >= 15 is 0 Å². The zero-order valence-electron chi connectivity index (χ0n) is 7.40. The molecule has 2 aliphatic rings. The largest absolute Gasteiger partial charge is 0.390 e. The SMILES string of the molecule is CC12CCCC(O)(CCC1)C2. The lowest BCUT2D eigenvalue weighted by molar-refractivity contribution is -0.0796. The summed E-state index contributed by atoms with van der Waals surface area (Å²) in [5.74, 6) is 0. The van der Waals surface area contributed by atoms with Crippen molar-refractivity contribution in [3.63, 3.8) is 0 Å². The Morgan fingerprint density at radius 2 is 1.55 bits per heavy atom. The first-order valence-electron chi connectivity index (χ1n) is 4.84. The second-order valence-corrected chi connectivity index (χ2v) is 4.92. The molecule has 64 valence electrons. The maximum Gasteiger partial charge on any atom is 0.0653 e. The van der Waals surface area contributed by atoms with E-state index in [1.807, 2.05) is 0 Å². The van der Waals surface area contributed by atoms with Crippen LogP contribution < -0.4 is 0 Å². The standard InChI is InChI=1S/C10H18O/c1-9-4-2-6-10(11,8-9)7-3-5-9/h11H,2-8H2,1H3. The zero-order chi connectivity index (χ0) is 7.95. The zero-order valence-corrected chi connectivity index (χ0v) is 7.40. The van der Waals surface area contributed by atoms with Gasteiger partial charge in [0, 0.05) is 0 Å². The van der Waals surface area contributed by atoms with Gasteiger partial charge in [-0.05, 0) is 37.5 Å². The van der Waals surface area contributed by atoms with Gasteiger partial charge in [0.25, 0.3) is 0 Å². The first-order chi connectivity index (χ1) is 5.12. The maximum absolute atomic E-state index is 10.1. The molecular formula is C10H18O. The first kappa shape index (κ1) is 7.60. The van der Waals surface area contributed by atoms with Crippen LogP contribution in [-0.4, -0.2) is 10.7 Å². The van der Waals surface area contributed by atoms with Crippen LogP contribution in [0.15, 0.2) is 0 Å². The van der Waals surface area contributed by atoms with Gasteiger partial charge in [0.2, 0.25) is 0 Å². The first-order valence-corrected chi connectivity index (χ1v) is 4.84. The van der Waals surface area contributed by atoms with Gasteiger partial charge in [-0.1, -0.05) is 19.8 Å². The highest BCUT2D eigenvalue weighted by Crippen LogP contribution is 2.50. The van der Waals surface area contributed by atoms with Gasteiger partial charge in [0.15, 0.2) is 0 Å². The highest BCUT2D eigenvalue weighted by Gasteiger charge is 2.43. The minimum atomic E-state index is -0.259. The summed E-state index contributed by atoms with van der Waals surface area (Å²) in [5, 5.41) is 10.1. The third kappa shape index (κ3) is 1.31. The summed E-state index contributed by atoms with van der Waals surface area (Å²) in [6.45, 7) is 2.34. The summed E-state index contributed by atoms with van der Waals surface area (Å²) in [7, 11) is 0. The normalized spacial score (nSPS) is 50.7. The Labute approximate surface area is 68.8 Å². The number of rotatable bonds is 0. The molecule has 0 aromatic heterocycles. The molecule has 0 unspecified atom stereocenters. The minimum Gasteiger partial charge on any atom is -0.390 e. The van der Waals surface area contributed by atoms with Crippen molar-refractivity contribution in [2.75, 3.05) is 0 Å². The number of aliphatic hydroxyl groups is 1. The number of fused-ring (bicyclic) bond motifs is 2. The summed E-state index contributed by atoms with van der Waals surface area (Å²) in [5.41, 5.74) is 0.233. The second kappa shape index (κ2) is 2.22. The van der Waals surface area contributed by atoms with Crippen molar-refractivity contribution in [3.8, 4) is 0 Å². The van der Waals surface area contributed by atoms with E-state index in [4.69, 9.17) is 0 Å². The molecule has 0 heterocycles. The third-order valence-electron chi connectivity index (χ3n) is 3.60. The molecule has 2 bridgehead atoms. The highest BCUT2D eigenvalue weighted by atomic mass is 16.3. The lowest BCUT2D eigenvalue weighted by atomic mass is 9.61. The van der Waals surface area contributed by atoms with E-state index < -0.39 is 0 Å². The molecular weight excluding hydrogens is 136 g/mol. The Morgan fingerprint density at radius 1 is 1.00 bits per heavy atom. The van der Waals surface area contributed by atoms with E-state index in [1.165, 1.54) is 25.7 Å². The average molecular weight is 154 g/mol. The Bertz CT molecular complexity index is 136. The van der Waals surface area contributed by atoms with E-state index in [9.17, 15) is 5.11 Å². The van der Waals surface area contributed by atoms with Crippen molar-refractivity contribution in [3.05, 3.63) is 0 Å². The predicted molar refractivity (Wildman–Crippen MR) is 45.4 cm³/mol. The smallest absolute Gasteiger partial charge is 0.0653 e. The van der Waals surface area contributed by atoms with Gasteiger partial charge < -0.3 is 5.11 Å². The van der Waals surface area contributed by atoms with Crippen molar-refractivity contribution >= 4 is 0 Å². The van der Waals surface area contributed by atoms with Gasteiger partial charge in [0.1, 0.15) is 0 Å². The topological polar surface area (TPSA) is 20.2 Å². The van der Waals surface area contributed by atoms with Gasteiger partial charge in [-0.25, -0.2) is 0 Å². The summed E-state index contributed by atoms with van der Waals surface area (Å²) in [6.07, 6.45) is 8.36. The molecule has 0 aliphatic heterocycles. The van der Waals surface area contributed by atoms with Crippen LogP contribution in [-0.2, 0) is 0 Å². The molecule has 2 aliphatic carbocycles. The molecule has 1 heteroatoms. The molecule has 1 N–H and O–H groups in total. The molecule has 1 nitrogen and oxygen atoms in total. The summed E-state index contributed by atoms with van der Waals surface area (Å²) < 4.78 is 0. The van der Waals surface area contributed by atoms with Crippen LogP contribution in [0.2, 0.25) is 0 Å². The third-order valence-corrected chi connectivity index (χ3v) is 3.60. The van der Waals surface area contributed by atoms with Crippen molar-refractivity contribution in [1.29, 1.82) is 0 Å². The Hall–Kier alpha value is -0.0400. The fourth-order valence-electron chi connectivity index (χ4n) is 3.09. The molecule has 0 atom stereocenters. The van der Waals surface area contributed by atoms with E-state index in [0.717, 1.165) is 19.3 Å². The molecule has 2 fully saturated rings. The fourth-order valence-corrected chi connectivity index (χ4v) is 3.09. The van der Waals surface area contributed by atoms with E-state index in [-0.39, 0.29) is 5.60 Å². The summed E-state index contributed by atoms with van der Waals surface area (Å²) in [6, 6.07) is 0. The van der Waals surface area contributed by atoms with Crippen molar-refractivity contribution in [1.82, 2.24) is 0 Å². The minimum absolute atomic E-state index is 0.259. The monoisotopic (exact) mass is 154 g/mol. The van der Waals surface area contributed by atoms with Crippen LogP contribution in [0.3, 0.4) is 0 Å². The molecule has 0 amide bonds. The highest BCUT2D eigenvalue weighted by molar-refractivity contribution is 4.96. The van der Waals surface area contributed by atoms with Gasteiger partial charge in [-0.2, -0.15) is 0 Å². The quantitative estimate of drug-likeness (QED) is 0.568. The lowest BCUT2D eigenvalue weighted by Gasteiger charge is -2.48. The molecule has 2 saturated carbocycles. The molecule has 0 saturated heterocycles. The van der Waals surface area contributed by atoms with Crippen molar-refractivity contribution in [2.24, 2.45) is 5.41 Å². The number of hydrogen-bond donors (Lipinski definition) is 1. The predicted octanol–water partition coefficient (Wildman–Crippen LogP) is 2.48. The van der Waals surface area contributed by atoms with Gasteiger partial charge >= 0.3 is 0 Å². The van der Waals surface area contributed by atoms with Crippen LogP contribution in [0.25, 0.3) is 0 Å². The summed E-state index contributed by atoms with van der Waals surface area (Å²) >= 11 is 0. The maximum atomic E-state index is 10.1. The van der Waals surface area contributed by atoms with Gasteiger partial charge in [-0.15, -0.1) is 0 Å². The Kier molecular flexibility index (Phi) is 1.54. The second-order valence-electron chi connectivity index (χ2n) is 4.92. The van der Waals surface area contributed by atoms with Crippen LogP contribution >= 0.6 is 0 Å². The van der Waals surface area contributed by atoms with E-state index in [1.54, 1.807) is 0 Å². The fraction of sp³-hybridized carbons (Fsp3) is 1.00. The molecule has 0 spiro atoms. The van der Waals surface area contributed by atoms with Gasteiger partial charge in [-0.3, -0.25) is 0 Å². The lowest BCUT2D eigenvalue weighted by Crippen LogP contribution is -2.43. The van der Waals surface area contributed by atoms with E-state index in [2.05, 4.69) is 6.92 Å². The number of hydrogen-bond acceptors (Lipinski definition) is 1. The van der Waals surface area contributed by atoms with Crippen LogP contribution in [0, 0.1) is 5.41 Å². The molecule has 0 aromatic carbocycles. The van der Waals surface area contributed by atoms with Crippen molar-refractivity contribution in [2.45, 2.75) is 57.5 Å². The molecule has 11 heavy (non-hydrogen) atoms. The summed E-state index contributed by atoms with van der Waals surface area (Å²) in [4.78, 5) is 0. The Balaban J connectivity index is 2.16. The molecule has 0 aromatic rings. The average Bonchev–Trinajstić information content (AvgIpc) is 1.83. The van der Waals surface area contributed by atoms with Crippen molar-refractivity contribution < 1.29 is 5.11 Å². The molecule has 2 rings (SSSR count). The van der Waals surface area contributed by atoms with E-state index in [0.29, 0.717) is 5.41 Å². The Morgan fingerprint density at radius 3 is 1.91 bits per heavy atom.